The average Bonchev–Trinajstić information content (AvgIpc) is 2.52. The number of amidine groups is 1. The van der Waals surface area contributed by atoms with E-state index < -0.39 is 10.0 Å². The summed E-state index contributed by atoms with van der Waals surface area (Å²) in [6.07, 6.45) is 2.51. The summed E-state index contributed by atoms with van der Waals surface area (Å²) < 4.78 is 25.7. The molecule has 0 saturated heterocycles. The van der Waals surface area contributed by atoms with Crippen molar-refractivity contribution in [3.05, 3.63) is 55.4 Å². The van der Waals surface area contributed by atoms with Gasteiger partial charge in [-0.15, -0.1) is 0 Å². The van der Waals surface area contributed by atoms with Crippen LogP contribution < -0.4 is 0 Å². The van der Waals surface area contributed by atoms with Gasteiger partial charge in [0.05, 0.1) is 4.90 Å². The largest absolute Gasteiger partial charge is 0.269 e. The van der Waals surface area contributed by atoms with E-state index in [1.807, 2.05) is 34.6 Å². The minimum atomic E-state index is -3.65. The molecule has 1 aromatic rings. The van der Waals surface area contributed by atoms with Gasteiger partial charge in [0.2, 0.25) is 0 Å². The third-order valence-electron chi connectivity index (χ3n) is 2.34. The zero-order chi connectivity index (χ0) is 17.8. The molecule has 0 N–H and O–H groups in total. The minimum absolute atomic E-state index is 0.201. The van der Waals surface area contributed by atoms with Crippen LogP contribution in [0, 0.1) is 6.92 Å². The Balaban J connectivity index is 0. The number of aliphatic imine (C=N–C) groups is 1. The quantitative estimate of drug-likeness (QED) is 0.593. The predicted molar refractivity (Wildman–Crippen MR) is 96.4 cm³/mol. The first-order chi connectivity index (χ1) is 10.4. The summed E-state index contributed by atoms with van der Waals surface area (Å²) in [7, 11) is -3.65. The molecule has 1 aromatic carbocycles. The molecule has 0 amide bonds. The highest BCUT2D eigenvalue weighted by Gasteiger charge is 2.22. The SMILES string of the molecule is C=CN=C(C)N(C=C)S(=O)(=O)c1ccc(C)cc1.CC.CC. The van der Waals surface area contributed by atoms with Gasteiger partial charge < -0.3 is 0 Å². The molecule has 124 valence electrons. The molecular weight excluding hydrogens is 296 g/mol. The molecule has 0 aliphatic carbocycles. The zero-order valence-electron chi connectivity index (χ0n) is 14.5. The zero-order valence-corrected chi connectivity index (χ0v) is 15.3. The van der Waals surface area contributed by atoms with Crippen LogP contribution in [0.1, 0.15) is 40.2 Å². The second-order valence-electron chi connectivity index (χ2n) is 3.66. The Hall–Kier alpha value is -1.88. The first-order valence-corrected chi connectivity index (χ1v) is 8.76. The highest BCUT2D eigenvalue weighted by Crippen LogP contribution is 2.17. The van der Waals surface area contributed by atoms with Crippen molar-refractivity contribution in [1.29, 1.82) is 0 Å². The third-order valence-corrected chi connectivity index (χ3v) is 4.14. The maximum atomic E-state index is 12.3. The fourth-order valence-electron chi connectivity index (χ4n) is 1.42. The number of benzene rings is 1. The lowest BCUT2D eigenvalue weighted by Crippen LogP contribution is -2.30. The fourth-order valence-corrected chi connectivity index (χ4v) is 2.72. The summed E-state index contributed by atoms with van der Waals surface area (Å²) >= 11 is 0. The van der Waals surface area contributed by atoms with Crippen LogP contribution in [0.4, 0.5) is 0 Å². The van der Waals surface area contributed by atoms with Crippen LogP contribution in [-0.4, -0.2) is 18.6 Å². The van der Waals surface area contributed by atoms with Gasteiger partial charge in [0.15, 0.2) is 0 Å². The van der Waals surface area contributed by atoms with Gasteiger partial charge in [-0.2, -0.15) is 0 Å². The summed E-state index contributed by atoms with van der Waals surface area (Å²) in [5.74, 6) is 0.292. The van der Waals surface area contributed by atoms with Crippen LogP contribution in [-0.2, 0) is 10.0 Å². The van der Waals surface area contributed by atoms with E-state index >= 15 is 0 Å². The molecule has 0 atom stereocenters. The maximum absolute atomic E-state index is 12.3. The van der Waals surface area contributed by atoms with Crippen molar-refractivity contribution >= 4 is 15.9 Å². The van der Waals surface area contributed by atoms with Crippen molar-refractivity contribution in [3.63, 3.8) is 0 Å². The molecule has 5 heteroatoms. The van der Waals surface area contributed by atoms with Gasteiger partial charge >= 0.3 is 0 Å². The Morgan fingerprint density at radius 3 is 1.91 bits per heavy atom. The molecular formula is C17H28N2O2S. The van der Waals surface area contributed by atoms with Gasteiger partial charge in [-0.3, -0.25) is 0 Å². The molecule has 1 rings (SSSR count). The molecule has 0 aliphatic rings. The van der Waals surface area contributed by atoms with Crippen LogP contribution >= 0.6 is 0 Å². The Kier molecular flexibility index (Phi) is 12.0. The summed E-state index contributed by atoms with van der Waals surface area (Å²) in [4.78, 5) is 4.06. The van der Waals surface area contributed by atoms with Crippen LogP contribution in [0.15, 0.2) is 59.7 Å². The molecule has 0 aromatic heterocycles. The van der Waals surface area contributed by atoms with Gasteiger partial charge in [0, 0.05) is 12.4 Å². The van der Waals surface area contributed by atoms with Crippen LogP contribution in [0.2, 0.25) is 0 Å². The lowest BCUT2D eigenvalue weighted by molar-refractivity contribution is 0.562. The topological polar surface area (TPSA) is 49.7 Å². The maximum Gasteiger partial charge on any atom is 0.269 e. The summed E-state index contributed by atoms with van der Waals surface area (Å²) in [5.41, 5.74) is 0.996. The van der Waals surface area contributed by atoms with Crippen LogP contribution in [0.5, 0.6) is 0 Å². The van der Waals surface area contributed by atoms with Gasteiger partial charge in [-0.25, -0.2) is 17.7 Å². The summed E-state index contributed by atoms with van der Waals surface area (Å²) in [6, 6.07) is 6.60. The van der Waals surface area contributed by atoms with Crippen LogP contribution in [0.3, 0.4) is 0 Å². The van der Waals surface area contributed by atoms with Crippen molar-refractivity contribution in [2.24, 2.45) is 4.99 Å². The average molecular weight is 324 g/mol. The molecule has 0 bridgehead atoms. The number of nitrogens with zero attached hydrogens (tertiary/aromatic N) is 2. The van der Waals surface area contributed by atoms with E-state index in [0.29, 0.717) is 5.84 Å². The Bertz CT molecular complexity index is 573. The standard InChI is InChI=1S/C13H16N2O2S.2C2H6/c1-5-14-12(4)15(6-2)18(16,17)13-9-7-11(3)8-10-13;2*1-2/h5-10H,1-2H2,3-4H3;2*1-2H3. The van der Waals surface area contributed by atoms with Crippen LogP contribution in [0.25, 0.3) is 0 Å². The molecule has 0 spiro atoms. The van der Waals surface area contributed by atoms with E-state index in [-0.39, 0.29) is 4.90 Å². The van der Waals surface area contributed by atoms with Crippen molar-refractivity contribution in [3.8, 4) is 0 Å². The first-order valence-electron chi connectivity index (χ1n) is 7.32. The number of hydrogen-bond acceptors (Lipinski definition) is 3. The minimum Gasteiger partial charge on any atom is -0.243 e. The highest BCUT2D eigenvalue weighted by atomic mass is 32.2. The van der Waals surface area contributed by atoms with Crippen molar-refractivity contribution < 1.29 is 8.42 Å². The van der Waals surface area contributed by atoms with Crippen molar-refractivity contribution in [2.75, 3.05) is 0 Å². The van der Waals surface area contributed by atoms with E-state index in [1.165, 1.54) is 12.4 Å². The first kappa shape index (κ1) is 22.4. The summed E-state index contributed by atoms with van der Waals surface area (Å²) in [5, 5.41) is 0. The summed E-state index contributed by atoms with van der Waals surface area (Å²) in [6.45, 7) is 18.4. The Labute approximate surface area is 135 Å². The number of aryl methyl sites for hydroxylation is 1. The second kappa shape index (κ2) is 11.7. The van der Waals surface area contributed by atoms with E-state index in [1.54, 1.807) is 31.2 Å². The number of rotatable bonds is 4. The highest BCUT2D eigenvalue weighted by molar-refractivity contribution is 7.89. The van der Waals surface area contributed by atoms with E-state index in [4.69, 9.17) is 0 Å². The molecule has 0 saturated carbocycles. The van der Waals surface area contributed by atoms with E-state index in [2.05, 4.69) is 18.2 Å². The third kappa shape index (κ3) is 6.26. The van der Waals surface area contributed by atoms with E-state index in [0.717, 1.165) is 9.87 Å². The predicted octanol–water partition coefficient (Wildman–Crippen LogP) is 4.74. The Morgan fingerprint density at radius 1 is 1.09 bits per heavy atom. The number of sulfonamides is 1. The van der Waals surface area contributed by atoms with E-state index in [9.17, 15) is 8.42 Å². The smallest absolute Gasteiger partial charge is 0.243 e. The molecule has 0 fully saturated rings. The van der Waals surface area contributed by atoms with Crippen molar-refractivity contribution in [2.45, 2.75) is 46.4 Å². The van der Waals surface area contributed by atoms with Gasteiger partial charge in [-0.1, -0.05) is 58.5 Å². The monoisotopic (exact) mass is 324 g/mol. The molecule has 22 heavy (non-hydrogen) atoms. The second-order valence-corrected chi connectivity index (χ2v) is 5.47. The fraction of sp³-hybridized carbons (Fsp3) is 0.353. The molecule has 0 radical (unpaired) electrons. The molecule has 0 aliphatic heterocycles. The molecule has 0 heterocycles. The van der Waals surface area contributed by atoms with Gasteiger partial charge in [-0.05, 0) is 26.0 Å². The normalized spacial score (nSPS) is 10.4. The Morgan fingerprint density at radius 2 is 1.55 bits per heavy atom. The number of hydrogen-bond donors (Lipinski definition) is 0. The lowest BCUT2D eigenvalue weighted by atomic mass is 10.2. The molecule has 0 unspecified atom stereocenters. The van der Waals surface area contributed by atoms with Crippen molar-refractivity contribution in [1.82, 2.24) is 4.31 Å². The molecule has 4 nitrogen and oxygen atoms in total. The van der Waals surface area contributed by atoms with Gasteiger partial charge in [0.1, 0.15) is 5.84 Å². The lowest BCUT2D eigenvalue weighted by Gasteiger charge is -2.19. The van der Waals surface area contributed by atoms with Gasteiger partial charge in [0.25, 0.3) is 10.0 Å².